The van der Waals surface area contributed by atoms with E-state index in [1.807, 2.05) is 30.3 Å². The maximum atomic E-state index is 13.4. The van der Waals surface area contributed by atoms with Gasteiger partial charge in [-0.05, 0) is 55.2 Å². The minimum absolute atomic E-state index is 0.00875. The van der Waals surface area contributed by atoms with Crippen LogP contribution < -0.4 is 25.2 Å². The van der Waals surface area contributed by atoms with Gasteiger partial charge in [-0.1, -0.05) is 54.1 Å². The summed E-state index contributed by atoms with van der Waals surface area (Å²) in [7, 11) is -8.38. The van der Waals surface area contributed by atoms with Crippen LogP contribution in [0, 0.1) is 0 Å². The molecule has 1 amide bonds. The van der Waals surface area contributed by atoms with E-state index in [9.17, 15) is 41.4 Å². The number of carbonyl (C=O) groups excluding carboxylic acids is 1. The van der Waals surface area contributed by atoms with Crippen molar-refractivity contribution in [1.82, 2.24) is 14.9 Å². The average Bonchev–Trinajstić information content (AvgIpc) is 3.46. The van der Waals surface area contributed by atoms with Crippen LogP contribution in [0.15, 0.2) is 76.5 Å². The molecule has 0 saturated carbocycles. The number of aryl methyl sites for hydroxylation is 1. The lowest BCUT2D eigenvalue weighted by Gasteiger charge is -2.28. The van der Waals surface area contributed by atoms with Gasteiger partial charge in [0.25, 0.3) is 0 Å². The van der Waals surface area contributed by atoms with Gasteiger partial charge >= 0.3 is 11.9 Å². The molecule has 0 aliphatic carbocycles. The quantitative estimate of drug-likeness (QED) is 0.147. The number of hydrogen-bond acceptors (Lipinski definition) is 10. The van der Waals surface area contributed by atoms with Gasteiger partial charge in [-0.3, -0.25) is 14.9 Å². The number of carboxylic acid groups (broad SMARTS) is 2. The van der Waals surface area contributed by atoms with Crippen LogP contribution in [-0.2, 0) is 47.3 Å². The van der Waals surface area contributed by atoms with Gasteiger partial charge in [-0.15, -0.1) is 0 Å². The summed E-state index contributed by atoms with van der Waals surface area (Å²) in [6, 6.07) is 14.9. The highest BCUT2D eigenvalue weighted by Crippen LogP contribution is 2.34. The second-order valence-corrected chi connectivity index (χ2v) is 15.7. The van der Waals surface area contributed by atoms with Gasteiger partial charge in [0.15, 0.2) is 0 Å². The molecule has 50 heavy (non-hydrogen) atoms. The van der Waals surface area contributed by atoms with Crippen molar-refractivity contribution in [3.8, 4) is 5.75 Å². The van der Waals surface area contributed by atoms with E-state index in [1.54, 1.807) is 24.3 Å². The molecule has 5 atom stereocenters. The van der Waals surface area contributed by atoms with Crippen molar-refractivity contribution in [3.63, 3.8) is 0 Å². The predicted molar refractivity (Wildman–Crippen MR) is 182 cm³/mol. The summed E-state index contributed by atoms with van der Waals surface area (Å²) < 4.78 is 57.9. The first-order valence-corrected chi connectivity index (χ1v) is 18.9. The zero-order valence-electron chi connectivity index (χ0n) is 26.7. The Balaban J connectivity index is 1.19. The molecule has 2 unspecified atom stereocenters. The molecule has 5 rings (SSSR count). The number of anilines is 1. The molecule has 3 aromatic carbocycles. The van der Waals surface area contributed by atoms with Gasteiger partial charge in [0.05, 0.1) is 29.5 Å². The molecular formula is C32H36ClN5O10S2. The van der Waals surface area contributed by atoms with Crippen LogP contribution in [0.3, 0.4) is 0 Å². The summed E-state index contributed by atoms with van der Waals surface area (Å²) in [6.45, 7) is 1.47. The molecule has 2 heterocycles. The molecule has 0 spiro atoms. The number of primary sulfonamides is 1. The molecule has 18 heteroatoms. The number of ether oxygens (including phenoxy) is 1. The lowest BCUT2D eigenvalue weighted by atomic mass is 10.0. The number of carboxylic acids is 2. The van der Waals surface area contributed by atoms with Gasteiger partial charge in [-0.25, -0.2) is 26.8 Å². The summed E-state index contributed by atoms with van der Waals surface area (Å²) in [4.78, 5) is 37.8. The normalized spacial score (nSPS) is 21.0. The number of carbonyl (C=O) groups is 3. The minimum Gasteiger partial charge on any atom is -0.488 e. The first kappa shape index (κ1) is 37.0. The molecule has 2 aliphatic rings. The van der Waals surface area contributed by atoms with Gasteiger partial charge < -0.3 is 25.2 Å². The number of fused-ring (bicyclic) bond motifs is 1. The fourth-order valence-electron chi connectivity index (χ4n) is 6.00. The molecule has 3 aromatic rings. The Morgan fingerprint density at radius 1 is 1.08 bits per heavy atom. The molecule has 15 nitrogen and oxygen atoms in total. The van der Waals surface area contributed by atoms with E-state index in [0.717, 1.165) is 11.6 Å². The average molecular weight is 750 g/mol. The third-order valence-electron chi connectivity index (χ3n) is 8.44. The third kappa shape index (κ3) is 8.72. The zero-order valence-corrected chi connectivity index (χ0v) is 29.0. The van der Waals surface area contributed by atoms with E-state index in [0.29, 0.717) is 17.7 Å². The van der Waals surface area contributed by atoms with Crippen LogP contribution in [0.2, 0.25) is 5.02 Å². The summed E-state index contributed by atoms with van der Waals surface area (Å²) in [5.41, 5.74) is 1.75. The fourth-order valence-corrected chi connectivity index (χ4v) is 8.49. The predicted octanol–water partition coefficient (Wildman–Crippen LogP) is 1.76. The fraction of sp³-hybridized carbons (Fsp3) is 0.344. The number of nitrogens with zero attached hydrogens (tertiary/aromatic N) is 1. The largest absolute Gasteiger partial charge is 0.488 e. The third-order valence-corrected chi connectivity index (χ3v) is 11.3. The molecule has 1 saturated heterocycles. The Morgan fingerprint density at radius 3 is 2.38 bits per heavy atom. The number of nitrogens with two attached hydrogens (primary N) is 1. The van der Waals surface area contributed by atoms with E-state index < -0.39 is 73.2 Å². The highest BCUT2D eigenvalue weighted by atomic mass is 35.5. The van der Waals surface area contributed by atoms with Crippen molar-refractivity contribution < 1.29 is 46.2 Å². The zero-order chi connectivity index (χ0) is 36.4. The van der Waals surface area contributed by atoms with E-state index in [2.05, 4.69) is 15.4 Å². The smallest absolute Gasteiger partial charge is 0.326 e. The van der Waals surface area contributed by atoms with E-state index in [1.165, 1.54) is 17.9 Å². The van der Waals surface area contributed by atoms with Crippen molar-refractivity contribution in [2.24, 2.45) is 5.14 Å². The number of benzene rings is 3. The number of aliphatic carboxylic acids is 2. The monoisotopic (exact) mass is 749 g/mol. The van der Waals surface area contributed by atoms with Crippen LogP contribution in [0.25, 0.3) is 0 Å². The number of nitrogens with one attached hydrogen (secondary N) is 3. The number of likely N-dealkylation sites (tertiary alicyclic amines) is 1. The first-order chi connectivity index (χ1) is 23.5. The van der Waals surface area contributed by atoms with Crippen LogP contribution in [0.5, 0.6) is 5.75 Å². The second kappa shape index (κ2) is 14.9. The highest BCUT2D eigenvalue weighted by Gasteiger charge is 2.42. The Hall–Kier alpha value is -4.26. The number of amides is 1. The van der Waals surface area contributed by atoms with E-state index >= 15 is 0 Å². The maximum absolute atomic E-state index is 13.4. The lowest BCUT2D eigenvalue weighted by Crippen LogP contribution is -2.53. The van der Waals surface area contributed by atoms with Crippen LogP contribution in [0.4, 0.5) is 5.69 Å². The van der Waals surface area contributed by atoms with Crippen molar-refractivity contribution in [2.75, 3.05) is 11.9 Å². The van der Waals surface area contributed by atoms with Gasteiger partial charge in [0.1, 0.15) is 33.7 Å². The second-order valence-electron chi connectivity index (χ2n) is 12.1. The van der Waals surface area contributed by atoms with Gasteiger partial charge in [-0.2, -0.15) is 4.72 Å². The molecule has 0 radical (unpaired) electrons. The maximum Gasteiger partial charge on any atom is 0.326 e. The first-order valence-electron chi connectivity index (χ1n) is 15.5. The Bertz CT molecular complexity index is 1980. The molecular weight excluding hydrogens is 714 g/mol. The van der Waals surface area contributed by atoms with E-state index in [4.69, 9.17) is 21.5 Å². The van der Waals surface area contributed by atoms with Gasteiger partial charge in [0.2, 0.25) is 26.0 Å². The topological polar surface area (TPSA) is 235 Å². The van der Waals surface area contributed by atoms with Crippen molar-refractivity contribution in [2.45, 2.75) is 72.8 Å². The van der Waals surface area contributed by atoms with Gasteiger partial charge in [0, 0.05) is 12.8 Å². The Labute approximate surface area is 293 Å². The molecule has 0 bridgehead atoms. The van der Waals surface area contributed by atoms with Crippen LogP contribution in [-0.4, -0.2) is 86.7 Å². The number of halogens is 1. The standard InChI is InChI=1S/C32H36ClN5O10S2/c1-18(35-24(31(40)41)12-9-19-5-3-2-4-6-19)30(39)38-17-22(14-26(38)32(42)43)48-21-10-7-20(8-11-21)13-29-36-25-15-23(33)27(49(34,44)45)16-28(25)50(46,47)37-29/h2-8,10-11,15-16,18,22,24,26,29,35-37H,9,12-14,17H2,1H3,(H,40,41)(H,42,43)(H2,34,44,45)/t18-,22?,24-,26-,29?/m0/s1. The Kier molecular flexibility index (Phi) is 11.0. The minimum atomic E-state index is -4.26. The van der Waals surface area contributed by atoms with Crippen LogP contribution in [0.1, 0.15) is 30.9 Å². The number of rotatable bonds is 13. The summed E-state index contributed by atoms with van der Waals surface area (Å²) in [6.07, 6.45) is -0.587. The molecule has 1 fully saturated rings. The Morgan fingerprint density at radius 2 is 1.76 bits per heavy atom. The molecule has 2 aliphatic heterocycles. The summed E-state index contributed by atoms with van der Waals surface area (Å²) in [5, 5.41) is 30.4. The molecule has 268 valence electrons. The van der Waals surface area contributed by atoms with Crippen molar-refractivity contribution in [1.29, 1.82) is 0 Å². The van der Waals surface area contributed by atoms with Crippen molar-refractivity contribution in [3.05, 3.63) is 82.9 Å². The number of hydrogen-bond donors (Lipinski definition) is 6. The van der Waals surface area contributed by atoms with E-state index in [-0.39, 0.29) is 41.4 Å². The SMILES string of the molecule is C[C@H](N[C@@H](CCc1ccccc1)C(=O)O)C(=O)N1CC(Oc2ccc(CC3Nc4cc(Cl)c(S(N)(=O)=O)cc4S(=O)(=O)N3)cc2)C[C@H]1C(=O)O. The highest BCUT2D eigenvalue weighted by molar-refractivity contribution is 7.90. The summed E-state index contributed by atoms with van der Waals surface area (Å²) >= 11 is 6.06. The lowest BCUT2D eigenvalue weighted by molar-refractivity contribution is -0.149. The summed E-state index contributed by atoms with van der Waals surface area (Å²) in [5.74, 6) is -2.50. The number of sulfonamides is 2. The van der Waals surface area contributed by atoms with Crippen LogP contribution >= 0.6 is 11.6 Å². The van der Waals surface area contributed by atoms with Crippen molar-refractivity contribution >= 4 is 55.2 Å². The molecule has 0 aromatic heterocycles. The molecule has 7 N–H and O–H groups in total.